The van der Waals surface area contributed by atoms with Gasteiger partial charge in [0.2, 0.25) is 0 Å². The number of rotatable bonds is 5. The lowest BCUT2D eigenvalue weighted by atomic mass is 10.5. The van der Waals surface area contributed by atoms with Crippen LogP contribution in [-0.2, 0) is 5.75 Å². The molecular weight excluding hydrogens is 196 g/mol. The van der Waals surface area contributed by atoms with Crippen molar-refractivity contribution in [3.05, 3.63) is 23.1 Å². The molecule has 0 saturated carbocycles. The SMILES string of the molecule is OCCCSCc1ccc(Cl)o1. The third kappa shape index (κ3) is 3.52. The Hall–Kier alpha value is -0.120. The van der Waals surface area contributed by atoms with Crippen molar-refractivity contribution in [2.45, 2.75) is 12.2 Å². The minimum Gasteiger partial charge on any atom is -0.449 e. The van der Waals surface area contributed by atoms with E-state index in [2.05, 4.69) is 0 Å². The average molecular weight is 207 g/mol. The summed E-state index contributed by atoms with van der Waals surface area (Å²) in [5.74, 6) is 2.67. The number of hydrogen-bond acceptors (Lipinski definition) is 3. The van der Waals surface area contributed by atoms with Crippen molar-refractivity contribution in [2.24, 2.45) is 0 Å². The molecule has 0 aliphatic heterocycles. The Labute approximate surface area is 80.9 Å². The smallest absolute Gasteiger partial charge is 0.193 e. The Morgan fingerprint density at radius 2 is 2.33 bits per heavy atom. The Kier molecular flexibility index (Phi) is 4.58. The highest BCUT2D eigenvalue weighted by Gasteiger charge is 1.98. The summed E-state index contributed by atoms with van der Waals surface area (Å²) in [6.07, 6.45) is 0.832. The van der Waals surface area contributed by atoms with Crippen LogP contribution in [0.25, 0.3) is 0 Å². The fourth-order valence-electron chi connectivity index (χ4n) is 0.769. The topological polar surface area (TPSA) is 33.4 Å². The first kappa shape index (κ1) is 9.96. The second-order valence-corrected chi connectivity index (χ2v) is 3.81. The molecule has 0 radical (unpaired) electrons. The molecule has 1 aromatic rings. The van der Waals surface area contributed by atoms with Gasteiger partial charge >= 0.3 is 0 Å². The molecule has 0 fully saturated rings. The van der Waals surface area contributed by atoms with Crippen LogP contribution in [0.4, 0.5) is 0 Å². The largest absolute Gasteiger partial charge is 0.449 e. The molecule has 0 saturated heterocycles. The van der Waals surface area contributed by atoms with Gasteiger partial charge in [0.05, 0.1) is 5.75 Å². The molecule has 1 rings (SSSR count). The quantitative estimate of drug-likeness (QED) is 0.752. The molecule has 0 amide bonds. The molecule has 12 heavy (non-hydrogen) atoms. The first-order chi connectivity index (χ1) is 5.83. The van der Waals surface area contributed by atoms with E-state index in [4.69, 9.17) is 21.1 Å². The van der Waals surface area contributed by atoms with Gasteiger partial charge in [-0.05, 0) is 35.9 Å². The lowest BCUT2D eigenvalue weighted by Crippen LogP contribution is -1.86. The third-order valence-corrected chi connectivity index (χ3v) is 2.59. The van der Waals surface area contributed by atoms with Gasteiger partial charge in [0.15, 0.2) is 5.22 Å². The van der Waals surface area contributed by atoms with Gasteiger partial charge in [0, 0.05) is 6.61 Å². The van der Waals surface area contributed by atoms with Crippen LogP contribution in [-0.4, -0.2) is 17.5 Å². The van der Waals surface area contributed by atoms with E-state index in [0.717, 1.165) is 23.7 Å². The zero-order chi connectivity index (χ0) is 8.81. The third-order valence-electron chi connectivity index (χ3n) is 1.32. The van der Waals surface area contributed by atoms with Crippen molar-refractivity contribution < 1.29 is 9.52 Å². The first-order valence-corrected chi connectivity index (χ1v) is 5.29. The van der Waals surface area contributed by atoms with Crippen molar-refractivity contribution in [1.82, 2.24) is 0 Å². The van der Waals surface area contributed by atoms with Gasteiger partial charge in [-0.2, -0.15) is 11.8 Å². The molecule has 0 aromatic carbocycles. The zero-order valence-electron chi connectivity index (χ0n) is 6.62. The molecule has 0 aliphatic carbocycles. The fourth-order valence-corrected chi connectivity index (χ4v) is 1.76. The van der Waals surface area contributed by atoms with Crippen LogP contribution >= 0.6 is 23.4 Å². The minimum absolute atomic E-state index is 0.256. The molecule has 4 heteroatoms. The van der Waals surface area contributed by atoms with E-state index in [1.807, 2.05) is 6.07 Å². The summed E-state index contributed by atoms with van der Waals surface area (Å²) in [5.41, 5.74) is 0. The van der Waals surface area contributed by atoms with Crippen molar-refractivity contribution >= 4 is 23.4 Å². The number of halogens is 1. The van der Waals surface area contributed by atoms with Crippen molar-refractivity contribution in [1.29, 1.82) is 0 Å². The summed E-state index contributed by atoms with van der Waals surface area (Å²) < 4.78 is 5.15. The van der Waals surface area contributed by atoms with Crippen LogP contribution in [0.5, 0.6) is 0 Å². The molecule has 68 valence electrons. The minimum atomic E-state index is 0.256. The van der Waals surface area contributed by atoms with E-state index >= 15 is 0 Å². The van der Waals surface area contributed by atoms with Crippen LogP contribution in [0.3, 0.4) is 0 Å². The molecule has 0 atom stereocenters. The first-order valence-electron chi connectivity index (χ1n) is 3.76. The number of aliphatic hydroxyl groups excluding tert-OH is 1. The van der Waals surface area contributed by atoms with Gasteiger partial charge in [-0.25, -0.2) is 0 Å². The standard InChI is InChI=1S/C8H11ClO2S/c9-8-3-2-7(11-8)6-12-5-1-4-10/h2-3,10H,1,4-6H2. The molecule has 0 bridgehead atoms. The lowest BCUT2D eigenvalue weighted by molar-refractivity contribution is 0.296. The molecular formula is C8H11ClO2S. The maximum absolute atomic E-state index is 8.51. The molecule has 2 nitrogen and oxygen atoms in total. The molecule has 1 heterocycles. The van der Waals surface area contributed by atoms with Crippen molar-refractivity contribution in [2.75, 3.05) is 12.4 Å². The Morgan fingerprint density at radius 3 is 2.92 bits per heavy atom. The predicted molar refractivity (Wildman–Crippen MR) is 51.6 cm³/mol. The summed E-state index contributed by atoms with van der Waals surface area (Å²) in [6, 6.07) is 3.61. The molecule has 1 N–H and O–H groups in total. The fraction of sp³-hybridized carbons (Fsp3) is 0.500. The summed E-state index contributed by atoms with van der Waals surface area (Å²) in [7, 11) is 0. The second kappa shape index (κ2) is 5.51. The van der Waals surface area contributed by atoms with Crippen LogP contribution in [0.1, 0.15) is 12.2 Å². The highest BCUT2D eigenvalue weighted by Crippen LogP contribution is 2.18. The van der Waals surface area contributed by atoms with E-state index in [9.17, 15) is 0 Å². The Morgan fingerprint density at radius 1 is 1.50 bits per heavy atom. The van der Waals surface area contributed by atoms with E-state index in [-0.39, 0.29) is 6.61 Å². The maximum atomic E-state index is 8.51. The molecule has 0 unspecified atom stereocenters. The lowest BCUT2D eigenvalue weighted by Gasteiger charge is -1.95. The van der Waals surface area contributed by atoms with Crippen LogP contribution < -0.4 is 0 Å². The number of furan rings is 1. The second-order valence-electron chi connectivity index (χ2n) is 2.34. The zero-order valence-corrected chi connectivity index (χ0v) is 8.20. The highest BCUT2D eigenvalue weighted by molar-refractivity contribution is 7.98. The van der Waals surface area contributed by atoms with Gasteiger partial charge in [0.25, 0.3) is 0 Å². The van der Waals surface area contributed by atoms with Gasteiger partial charge in [-0.3, -0.25) is 0 Å². The van der Waals surface area contributed by atoms with Gasteiger partial charge in [-0.15, -0.1) is 0 Å². The van der Waals surface area contributed by atoms with Crippen molar-refractivity contribution in [3.63, 3.8) is 0 Å². The molecule has 1 aromatic heterocycles. The summed E-state index contributed by atoms with van der Waals surface area (Å²) >= 11 is 7.32. The van der Waals surface area contributed by atoms with Crippen molar-refractivity contribution in [3.8, 4) is 0 Å². The number of hydrogen-bond donors (Lipinski definition) is 1. The van der Waals surface area contributed by atoms with Crippen LogP contribution in [0, 0.1) is 0 Å². The number of aliphatic hydroxyl groups is 1. The summed E-state index contributed by atoms with van der Waals surface area (Å²) in [4.78, 5) is 0. The molecule has 0 spiro atoms. The highest BCUT2D eigenvalue weighted by atomic mass is 35.5. The van der Waals surface area contributed by atoms with Gasteiger partial charge in [-0.1, -0.05) is 0 Å². The normalized spacial score (nSPS) is 10.5. The number of thioether (sulfide) groups is 1. The Balaban J connectivity index is 2.15. The van der Waals surface area contributed by atoms with E-state index in [1.54, 1.807) is 17.8 Å². The summed E-state index contributed by atoms with van der Waals surface area (Å²) in [6.45, 7) is 0.256. The van der Waals surface area contributed by atoms with E-state index in [1.165, 1.54) is 0 Å². The molecule has 0 aliphatic rings. The van der Waals surface area contributed by atoms with E-state index < -0.39 is 0 Å². The van der Waals surface area contributed by atoms with Gasteiger partial charge in [0.1, 0.15) is 5.76 Å². The van der Waals surface area contributed by atoms with Crippen LogP contribution in [0.15, 0.2) is 16.5 Å². The maximum Gasteiger partial charge on any atom is 0.193 e. The Bertz CT molecular complexity index is 225. The summed E-state index contributed by atoms with van der Waals surface area (Å²) in [5, 5.41) is 8.95. The van der Waals surface area contributed by atoms with Crippen LogP contribution in [0.2, 0.25) is 5.22 Å². The monoisotopic (exact) mass is 206 g/mol. The van der Waals surface area contributed by atoms with Gasteiger partial charge < -0.3 is 9.52 Å². The predicted octanol–water partition coefficient (Wildman–Crippen LogP) is 2.55. The van der Waals surface area contributed by atoms with E-state index in [0.29, 0.717) is 5.22 Å². The average Bonchev–Trinajstić information content (AvgIpc) is 2.45.